The Kier molecular flexibility index (Phi) is 3.93. The number of hydrogen-bond donors (Lipinski definition) is 1. The second-order valence-electron chi connectivity index (χ2n) is 5.61. The van der Waals surface area contributed by atoms with Crippen LogP contribution in [-0.4, -0.2) is 35.6 Å². The molecule has 2 aromatic rings. The summed E-state index contributed by atoms with van der Waals surface area (Å²) in [7, 11) is -3.02. The molecule has 1 atom stereocenters. The van der Waals surface area contributed by atoms with E-state index in [1.165, 1.54) is 30.5 Å². The molecule has 6 nitrogen and oxygen atoms in total. The van der Waals surface area contributed by atoms with Gasteiger partial charge in [0.2, 0.25) is 0 Å². The number of halogens is 1. The van der Waals surface area contributed by atoms with Crippen LogP contribution in [0.4, 0.5) is 10.1 Å². The molecule has 23 heavy (non-hydrogen) atoms. The van der Waals surface area contributed by atoms with Crippen LogP contribution < -0.4 is 5.32 Å². The molecular formula is C15H16FN3O3S. The molecule has 122 valence electrons. The number of rotatable bonds is 3. The number of anilines is 1. The minimum atomic E-state index is -3.02. The number of aromatic nitrogens is 2. The molecule has 3 rings (SSSR count). The monoisotopic (exact) mass is 337 g/mol. The summed E-state index contributed by atoms with van der Waals surface area (Å²) in [6.07, 6.45) is 1.93. The molecule has 1 fully saturated rings. The SMILES string of the molecule is Cc1c(C(=O)Nc2ccc(F)cc2)cnn1C1CCS(=O)(=O)C1. The van der Waals surface area contributed by atoms with Crippen molar-refractivity contribution in [3.05, 3.63) is 47.5 Å². The van der Waals surface area contributed by atoms with Gasteiger partial charge in [-0.1, -0.05) is 0 Å². The molecule has 0 saturated carbocycles. The van der Waals surface area contributed by atoms with Crippen molar-refractivity contribution in [2.75, 3.05) is 16.8 Å². The zero-order chi connectivity index (χ0) is 16.6. The Morgan fingerprint density at radius 2 is 2.04 bits per heavy atom. The zero-order valence-electron chi connectivity index (χ0n) is 12.5. The molecule has 1 aromatic carbocycles. The van der Waals surface area contributed by atoms with E-state index < -0.39 is 9.84 Å². The van der Waals surface area contributed by atoms with Gasteiger partial charge in [0, 0.05) is 11.4 Å². The molecule has 1 saturated heterocycles. The predicted molar refractivity (Wildman–Crippen MR) is 83.6 cm³/mol. The van der Waals surface area contributed by atoms with Crippen LogP contribution in [0.3, 0.4) is 0 Å². The Morgan fingerprint density at radius 3 is 2.65 bits per heavy atom. The zero-order valence-corrected chi connectivity index (χ0v) is 13.3. The van der Waals surface area contributed by atoms with E-state index in [1.54, 1.807) is 11.6 Å². The van der Waals surface area contributed by atoms with E-state index in [9.17, 15) is 17.6 Å². The summed E-state index contributed by atoms with van der Waals surface area (Å²) in [5, 5.41) is 6.84. The summed E-state index contributed by atoms with van der Waals surface area (Å²) in [5.74, 6) is -0.543. The van der Waals surface area contributed by atoms with Crippen LogP contribution in [0, 0.1) is 12.7 Å². The number of carbonyl (C=O) groups is 1. The molecule has 2 heterocycles. The first-order valence-corrected chi connectivity index (χ1v) is 8.99. The molecule has 0 radical (unpaired) electrons. The fraction of sp³-hybridized carbons (Fsp3) is 0.333. The third-order valence-electron chi connectivity index (χ3n) is 3.95. The van der Waals surface area contributed by atoms with Gasteiger partial charge in [-0.25, -0.2) is 12.8 Å². The highest BCUT2D eigenvalue weighted by Crippen LogP contribution is 2.25. The predicted octanol–water partition coefficient (Wildman–Crippen LogP) is 1.94. The van der Waals surface area contributed by atoms with Crippen LogP contribution in [0.1, 0.15) is 28.5 Å². The molecule has 0 spiro atoms. The molecule has 8 heteroatoms. The quantitative estimate of drug-likeness (QED) is 0.928. The fourth-order valence-corrected chi connectivity index (χ4v) is 4.41. The second kappa shape index (κ2) is 5.77. The third-order valence-corrected chi connectivity index (χ3v) is 5.70. The molecule has 0 bridgehead atoms. The van der Waals surface area contributed by atoms with E-state index in [-0.39, 0.29) is 29.3 Å². The lowest BCUT2D eigenvalue weighted by molar-refractivity contribution is 0.102. The molecule has 1 aliphatic heterocycles. The number of sulfone groups is 1. The fourth-order valence-electron chi connectivity index (χ4n) is 2.71. The molecule has 1 amide bonds. The summed E-state index contributed by atoms with van der Waals surface area (Å²) in [4.78, 5) is 12.3. The number of benzene rings is 1. The van der Waals surface area contributed by atoms with E-state index in [4.69, 9.17) is 0 Å². The summed E-state index contributed by atoms with van der Waals surface area (Å²) in [6, 6.07) is 5.23. The lowest BCUT2D eigenvalue weighted by Gasteiger charge is -2.11. The van der Waals surface area contributed by atoms with E-state index in [0.717, 1.165) is 0 Å². The first kappa shape index (κ1) is 15.7. The van der Waals surface area contributed by atoms with Gasteiger partial charge in [0.25, 0.3) is 5.91 Å². The van der Waals surface area contributed by atoms with Gasteiger partial charge in [0.1, 0.15) is 5.82 Å². The van der Waals surface area contributed by atoms with Gasteiger partial charge in [-0.05, 0) is 37.6 Å². The Labute approximate surface area is 133 Å². The van der Waals surface area contributed by atoms with Crippen molar-refractivity contribution in [3.8, 4) is 0 Å². The molecule has 1 aromatic heterocycles. The highest BCUT2D eigenvalue weighted by Gasteiger charge is 2.31. The average Bonchev–Trinajstić information content (AvgIpc) is 3.04. The van der Waals surface area contributed by atoms with E-state index in [1.807, 2.05) is 0 Å². The Hall–Kier alpha value is -2.22. The van der Waals surface area contributed by atoms with Crippen molar-refractivity contribution in [1.29, 1.82) is 0 Å². The van der Waals surface area contributed by atoms with Gasteiger partial charge < -0.3 is 5.32 Å². The topological polar surface area (TPSA) is 81.1 Å². The number of nitrogens with one attached hydrogen (secondary N) is 1. The summed E-state index contributed by atoms with van der Waals surface area (Å²) in [5.41, 5.74) is 1.47. The Balaban J connectivity index is 1.79. The lowest BCUT2D eigenvalue weighted by Crippen LogP contribution is -2.16. The van der Waals surface area contributed by atoms with E-state index in [0.29, 0.717) is 23.4 Å². The Morgan fingerprint density at radius 1 is 1.35 bits per heavy atom. The standard InChI is InChI=1S/C15H16FN3O3S/c1-10-14(15(20)18-12-4-2-11(16)3-5-12)8-17-19(10)13-6-7-23(21,22)9-13/h2-5,8,13H,6-7,9H2,1H3,(H,18,20). The summed E-state index contributed by atoms with van der Waals surface area (Å²) >= 11 is 0. The highest BCUT2D eigenvalue weighted by molar-refractivity contribution is 7.91. The Bertz CT molecular complexity index is 843. The normalized spacial score (nSPS) is 19.7. The van der Waals surface area contributed by atoms with Crippen LogP contribution in [0.5, 0.6) is 0 Å². The van der Waals surface area contributed by atoms with E-state index >= 15 is 0 Å². The summed E-state index contributed by atoms with van der Waals surface area (Å²) < 4.78 is 37.6. The van der Waals surface area contributed by atoms with Gasteiger partial charge >= 0.3 is 0 Å². The average molecular weight is 337 g/mol. The second-order valence-corrected chi connectivity index (χ2v) is 7.83. The first-order valence-electron chi connectivity index (χ1n) is 7.17. The number of hydrogen-bond acceptors (Lipinski definition) is 4. The van der Waals surface area contributed by atoms with Crippen molar-refractivity contribution >= 4 is 21.4 Å². The van der Waals surface area contributed by atoms with Gasteiger partial charge in [-0.15, -0.1) is 0 Å². The van der Waals surface area contributed by atoms with Gasteiger partial charge in [-0.2, -0.15) is 5.10 Å². The van der Waals surface area contributed by atoms with Crippen molar-refractivity contribution in [2.24, 2.45) is 0 Å². The molecule has 0 aliphatic carbocycles. The van der Waals surface area contributed by atoms with Crippen molar-refractivity contribution < 1.29 is 17.6 Å². The maximum Gasteiger partial charge on any atom is 0.259 e. The smallest absolute Gasteiger partial charge is 0.259 e. The van der Waals surface area contributed by atoms with Crippen LogP contribution in [0.15, 0.2) is 30.5 Å². The van der Waals surface area contributed by atoms with Gasteiger partial charge in [0.05, 0.1) is 29.3 Å². The minimum Gasteiger partial charge on any atom is -0.322 e. The molecule has 1 N–H and O–H groups in total. The van der Waals surface area contributed by atoms with Gasteiger partial charge in [0.15, 0.2) is 9.84 Å². The number of carbonyl (C=O) groups excluding carboxylic acids is 1. The van der Waals surface area contributed by atoms with Crippen LogP contribution in [0.25, 0.3) is 0 Å². The summed E-state index contributed by atoms with van der Waals surface area (Å²) in [6.45, 7) is 1.73. The van der Waals surface area contributed by atoms with Crippen LogP contribution in [0.2, 0.25) is 0 Å². The minimum absolute atomic E-state index is 0.0501. The van der Waals surface area contributed by atoms with E-state index in [2.05, 4.69) is 10.4 Å². The van der Waals surface area contributed by atoms with Crippen LogP contribution in [-0.2, 0) is 9.84 Å². The van der Waals surface area contributed by atoms with Crippen molar-refractivity contribution in [1.82, 2.24) is 9.78 Å². The molecular weight excluding hydrogens is 321 g/mol. The largest absolute Gasteiger partial charge is 0.322 e. The first-order chi connectivity index (χ1) is 10.9. The van der Waals surface area contributed by atoms with Crippen molar-refractivity contribution in [2.45, 2.75) is 19.4 Å². The molecule has 1 aliphatic rings. The number of amides is 1. The number of nitrogens with zero attached hydrogens (tertiary/aromatic N) is 2. The lowest BCUT2D eigenvalue weighted by atomic mass is 10.2. The maximum absolute atomic E-state index is 12.9. The third kappa shape index (κ3) is 3.26. The molecule has 1 unspecified atom stereocenters. The van der Waals surface area contributed by atoms with Crippen LogP contribution >= 0.6 is 0 Å². The highest BCUT2D eigenvalue weighted by atomic mass is 32.2. The van der Waals surface area contributed by atoms with Crippen molar-refractivity contribution in [3.63, 3.8) is 0 Å². The maximum atomic E-state index is 12.9. The van der Waals surface area contributed by atoms with Gasteiger partial charge in [-0.3, -0.25) is 9.48 Å².